The molecule has 3 heteroatoms. The summed E-state index contributed by atoms with van der Waals surface area (Å²) in [5, 5.41) is 0. The Bertz CT molecular complexity index is 758. The van der Waals surface area contributed by atoms with Crippen LogP contribution in [0.4, 0.5) is 5.69 Å². The molecule has 24 heavy (non-hydrogen) atoms. The number of hydrogen-bond donors (Lipinski definition) is 0. The Morgan fingerprint density at radius 1 is 1.12 bits per heavy atom. The summed E-state index contributed by atoms with van der Waals surface area (Å²) in [7, 11) is 0. The van der Waals surface area contributed by atoms with E-state index in [0.29, 0.717) is 0 Å². The molecule has 1 aromatic carbocycles. The molecule has 1 amide bonds. The van der Waals surface area contributed by atoms with E-state index in [-0.39, 0.29) is 18.0 Å². The lowest BCUT2D eigenvalue weighted by atomic mass is 9.88. The van der Waals surface area contributed by atoms with E-state index < -0.39 is 0 Å². The first-order chi connectivity index (χ1) is 11.4. The van der Waals surface area contributed by atoms with Crippen molar-refractivity contribution in [2.24, 2.45) is 4.99 Å². The molecule has 2 heterocycles. The predicted octanol–water partition coefficient (Wildman–Crippen LogP) is 4.83. The van der Waals surface area contributed by atoms with Crippen molar-refractivity contribution in [3.8, 4) is 0 Å². The Balaban J connectivity index is 2.18. The van der Waals surface area contributed by atoms with Gasteiger partial charge in [-0.05, 0) is 69.7 Å². The van der Waals surface area contributed by atoms with Gasteiger partial charge in [0.15, 0.2) is 0 Å². The van der Waals surface area contributed by atoms with Crippen molar-refractivity contribution < 1.29 is 4.79 Å². The summed E-state index contributed by atoms with van der Waals surface area (Å²) in [4.78, 5) is 20.1. The van der Waals surface area contributed by atoms with Gasteiger partial charge >= 0.3 is 0 Å². The van der Waals surface area contributed by atoms with Crippen LogP contribution < -0.4 is 0 Å². The van der Waals surface area contributed by atoms with Crippen molar-refractivity contribution in [3.05, 3.63) is 39.5 Å². The van der Waals surface area contributed by atoms with Gasteiger partial charge in [-0.15, -0.1) is 0 Å². The maximum atomic E-state index is 13.3. The first-order valence-electron chi connectivity index (χ1n) is 9.06. The van der Waals surface area contributed by atoms with Crippen molar-refractivity contribution >= 4 is 17.8 Å². The first kappa shape index (κ1) is 16.9. The van der Waals surface area contributed by atoms with Crippen molar-refractivity contribution in [2.45, 2.75) is 72.9 Å². The number of carbonyl (C=O) groups excluding carboxylic acids is 1. The number of fused-ring (bicyclic) bond motifs is 2. The highest BCUT2D eigenvalue weighted by Crippen LogP contribution is 2.38. The first-order valence-corrected chi connectivity index (χ1v) is 9.06. The van der Waals surface area contributed by atoms with Gasteiger partial charge < -0.3 is 4.90 Å². The quantitative estimate of drug-likeness (QED) is 0.733. The zero-order valence-electron chi connectivity index (χ0n) is 15.7. The van der Waals surface area contributed by atoms with Gasteiger partial charge in [-0.2, -0.15) is 0 Å². The number of rotatable bonds is 3. The summed E-state index contributed by atoms with van der Waals surface area (Å²) in [6.07, 6.45) is 7.52. The van der Waals surface area contributed by atoms with Gasteiger partial charge in [-0.25, -0.2) is 0 Å². The fourth-order valence-electron chi connectivity index (χ4n) is 4.03. The lowest BCUT2D eigenvalue weighted by Crippen LogP contribution is -2.41. The summed E-state index contributed by atoms with van der Waals surface area (Å²) < 4.78 is 0. The molecule has 0 aromatic heterocycles. The molecule has 0 radical (unpaired) electrons. The van der Waals surface area contributed by atoms with Gasteiger partial charge in [0.2, 0.25) is 0 Å². The highest BCUT2D eigenvalue weighted by atomic mass is 16.2. The predicted molar refractivity (Wildman–Crippen MR) is 101 cm³/mol. The smallest absolute Gasteiger partial charge is 0.257 e. The van der Waals surface area contributed by atoms with Crippen LogP contribution in [0.5, 0.6) is 0 Å². The second-order valence-electron chi connectivity index (χ2n) is 7.25. The molecule has 0 aliphatic carbocycles. The lowest BCUT2D eigenvalue weighted by molar-refractivity contribution is 0.0734. The molecule has 0 saturated heterocycles. The molecule has 3 nitrogen and oxygen atoms in total. The summed E-state index contributed by atoms with van der Waals surface area (Å²) in [5.41, 5.74) is 7.86. The van der Waals surface area contributed by atoms with E-state index in [9.17, 15) is 4.79 Å². The molecule has 0 spiro atoms. The topological polar surface area (TPSA) is 32.7 Å². The summed E-state index contributed by atoms with van der Waals surface area (Å²) >= 11 is 0. The fraction of sp³-hybridized carbons (Fsp3) is 0.524. The van der Waals surface area contributed by atoms with Gasteiger partial charge in [-0.3, -0.25) is 9.79 Å². The number of benzene rings is 1. The van der Waals surface area contributed by atoms with Gasteiger partial charge in [0.1, 0.15) is 0 Å². The second-order valence-corrected chi connectivity index (χ2v) is 7.25. The van der Waals surface area contributed by atoms with Crippen LogP contribution in [-0.2, 0) is 6.42 Å². The molecule has 3 rings (SSSR count). The van der Waals surface area contributed by atoms with Gasteiger partial charge in [0.05, 0.1) is 23.3 Å². The highest BCUT2D eigenvalue weighted by molar-refractivity contribution is 6.06. The lowest BCUT2D eigenvalue weighted by Gasteiger charge is -2.28. The Morgan fingerprint density at radius 3 is 2.50 bits per heavy atom. The van der Waals surface area contributed by atoms with Crippen LogP contribution in [0, 0.1) is 20.8 Å². The van der Waals surface area contributed by atoms with E-state index in [0.717, 1.165) is 23.2 Å². The molecule has 1 aromatic rings. The van der Waals surface area contributed by atoms with Crippen LogP contribution >= 0.6 is 0 Å². The zero-order chi connectivity index (χ0) is 17.6. The molecule has 0 N–H and O–H groups in total. The van der Waals surface area contributed by atoms with Crippen molar-refractivity contribution in [3.63, 3.8) is 0 Å². The van der Waals surface area contributed by atoms with Crippen LogP contribution in [0.3, 0.4) is 0 Å². The van der Waals surface area contributed by atoms with E-state index in [1.165, 1.54) is 35.1 Å². The molecule has 2 aliphatic rings. The average Bonchev–Trinajstić information content (AvgIpc) is 2.74. The van der Waals surface area contributed by atoms with Gasteiger partial charge in [0, 0.05) is 6.21 Å². The maximum absolute atomic E-state index is 13.3. The molecule has 0 fully saturated rings. The third-order valence-electron chi connectivity index (χ3n) is 5.85. The SMILES string of the molecule is CCCCc1c(C)c(C)c2c(c1C)N=C[C@@H]1C=C(C)C(C)N1C2=O. The van der Waals surface area contributed by atoms with E-state index in [1.54, 1.807) is 0 Å². The van der Waals surface area contributed by atoms with E-state index in [4.69, 9.17) is 4.99 Å². The summed E-state index contributed by atoms with van der Waals surface area (Å²) in [5.74, 6) is 0.124. The number of amides is 1. The Labute approximate surface area is 145 Å². The molecule has 0 saturated carbocycles. The monoisotopic (exact) mass is 324 g/mol. The molecular formula is C21H28N2O. The van der Waals surface area contributed by atoms with Crippen molar-refractivity contribution in [1.82, 2.24) is 4.90 Å². The normalized spacial score (nSPS) is 22.3. The third kappa shape index (κ3) is 2.42. The second kappa shape index (κ2) is 6.19. The van der Waals surface area contributed by atoms with E-state index >= 15 is 0 Å². The van der Waals surface area contributed by atoms with Crippen LogP contribution in [-0.4, -0.2) is 29.1 Å². The standard InChI is InChI=1S/C21H28N2O/c1-7-8-9-18-13(3)14(4)19-20(15(18)5)22-11-17-10-12(2)16(6)23(17)21(19)24/h10-11,16-17H,7-9H2,1-6H3/t16?,17-/m0/s1. The average molecular weight is 324 g/mol. The van der Waals surface area contributed by atoms with Crippen LogP contribution in [0.2, 0.25) is 0 Å². The molecule has 128 valence electrons. The largest absolute Gasteiger partial charge is 0.321 e. The van der Waals surface area contributed by atoms with Crippen LogP contribution in [0.15, 0.2) is 16.6 Å². The molecule has 2 atom stereocenters. The van der Waals surface area contributed by atoms with Crippen molar-refractivity contribution in [2.75, 3.05) is 0 Å². The van der Waals surface area contributed by atoms with E-state index in [2.05, 4.69) is 47.6 Å². The molecule has 2 aliphatic heterocycles. The van der Waals surface area contributed by atoms with Crippen molar-refractivity contribution in [1.29, 1.82) is 0 Å². The van der Waals surface area contributed by atoms with Crippen LogP contribution in [0.1, 0.15) is 66.2 Å². The number of unbranched alkanes of at least 4 members (excludes halogenated alkanes) is 1. The minimum Gasteiger partial charge on any atom is -0.321 e. The minimum atomic E-state index is -0.0157. The zero-order valence-corrected chi connectivity index (χ0v) is 15.7. The maximum Gasteiger partial charge on any atom is 0.257 e. The molecule has 1 unspecified atom stereocenters. The molecular weight excluding hydrogens is 296 g/mol. The number of aliphatic imine (C=N–C) groups is 1. The Morgan fingerprint density at radius 2 is 1.83 bits per heavy atom. The summed E-state index contributed by atoms with van der Waals surface area (Å²) in [6.45, 7) is 12.8. The number of carbonyl (C=O) groups is 1. The number of hydrogen-bond acceptors (Lipinski definition) is 2. The van der Waals surface area contributed by atoms with Gasteiger partial charge in [-0.1, -0.05) is 25.0 Å². The Hall–Kier alpha value is -1.90. The van der Waals surface area contributed by atoms with Crippen LogP contribution in [0.25, 0.3) is 0 Å². The van der Waals surface area contributed by atoms with E-state index in [1.807, 2.05) is 11.1 Å². The summed E-state index contributed by atoms with van der Waals surface area (Å²) in [6, 6.07) is 0.123. The fourth-order valence-corrected chi connectivity index (χ4v) is 4.03. The highest BCUT2D eigenvalue weighted by Gasteiger charge is 2.37. The number of nitrogens with zero attached hydrogens (tertiary/aromatic N) is 2. The van der Waals surface area contributed by atoms with Gasteiger partial charge in [0.25, 0.3) is 5.91 Å². The Kier molecular flexibility index (Phi) is 4.37. The minimum absolute atomic E-state index is 0.0157. The molecule has 0 bridgehead atoms. The third-order valence-corrected chi connectivity index (χ3v) is 5.85.